The van der Waals surface area contributed by atoms with Crippen molar-refractivity contribution in [2.24, 2.45) is 9.98 Å². The number of sulfone groups is 1. The van der Waals surface area contributed by atoms with Gasteiger partial charge >= 0.3 is 0 Å². The van der Waals surface area contributed by atoms with Gasteiger partial charge in [0.05, 0.1) is 9.79 Å². The molecule has 0 aromatic heterocycles. The summed E-state index contributed by atoms with van der Waals surface area (Å²) in [5.41, 5.74) is 1.39. The minimum absolute atomic E-state index is 0.232. The van der Waals surface area contributed by atoms with E-state index in [4.69, 9.17) is 0 Å². The fourth-order valence-corrected chi connectivity index (χ4v) is 3.91. The van der Waals surface area contributed by atoms with Crippen LogP contribution in [0.5, 0.6) is 0 Å². The van der Waals surface area contributed by atoms with Gasteiger partial charge in [-0.1, -0.05) is 26.0 Å². The maximum atomic E-state index is 13.1. The molecule has 2 rings (SSSR count). The van der Waals surface area contributed by atoms with Crippen molar-refractivity contribution >= 4 is 32.9 Å². The van der Waals surface area contributed by atoms with Gasteiger partial charge in [0.25, 0.3) is 0 Å². The highest BCUT2D eigenvalue weighted by Crippen LogP contribution is 2.25. The van der Waals surface area contributed by atoms with E-state index in [0.29, 0.717) is 11.4 Å². The van der Waals surface area contributed by atoms with E-state index in [1.54, 1.807) is 50.5 Å². The maximum Gasteiger partial charge on any atom is 0.206 e. The third-order valence-electron chi connectivity index (χ3n) is 4.08. The predicted octanol–water partition coefficient (Wildman–Crippen LogP) is 4.22. The average Bonchev–Trinajstić information content (AvgIpc) is 2.70. The first kappa shape index (κ1) is 20.6. The molecule has 0 spiro atoms. The molecule has 0 unspecified atom stereocenters. The van der Waals surface area contributed by atoms with Gasteiger partial charge in [-0.15, -0.1) is 0 Å². The first-order valence-electron chi connectivity index (χ1n) is 8.85. The van der Waals surface area contributed by atoms with E-state index in [0.717, 1.165) is 24.5 Å². The molecule has 0 radical (unpaired) electrons. The van der Waals surface area contributed by atoms with Gasteiger partial charge in [0.15, 0.2) is 0 Å². The average molecular weight is 387 g/mol. The number of anilines is 2. The molecule has 0 aliphatic carbocycles. The monoisotopic (exact) mass is 386 g/mol. The normalized spacial score (nSPS) is 12.7. The zero-order chi connectivity index (χ0) is 19.9. The first-order chi connectivity index (χ1) is 12.9. The van der Waals surface area contributed by atoms with Crippen LogP contribution in [0.15, 0.2) is 68.3 Å². The lowest BCUT2D eigenvalue weighted by Crippen LogP contribution is -2.12. The summed E-state index contributed by atoms with van der Waals surface area (Å²) < 4.78 is 26.1. The molecule has 0 atom stereocenters. The van der Waals surface area contributed by atoms with E-state index in [9.17, 15) is 8.42 Å². The van der Waals surface area contributed by atoms with Crippen LogP contribution in [-0.4, -0.2) is 34.2 Å². The lowest BCUT2D eigenvalue weighted by atomic mass is 10.3. The standard InChI is InChI=1S/C20H26N4O2S/c1-5-19(21-3)23-15-9-7-11-17(13-15)27(25,26)18-12-8-10-16(14-18)24-20(6-2)22-4/h7-14H,5-6H2,1-4H3,(H,21,23)(H,22,24). The van der Waals surface area contributed by atoms with Crippen LogP contribution in [0.1, 0.15) is 26.7 Å². The number of benzene rings is 2. The molecule has 0 fully saturated rings. The number of nitrogens with one attached hydrogen (secondary N) is 2. The van der Waals surface area contributed by atoms with Crippen LogP contribution in [0.4, 0.5) is 11.4 Å². The highest BCUT2D eigenvalue weighted by atomic mass is 32.2. The van der Waals surface area contributed by atoms with Crippen LogP contribution in [0.2, 0.25) is 0 Å². The Morgan fingerprint density at radius 3 is 1.56 bits per heavy atom. The Morgan fingerprint density at radius 2 is 1.22 bits per heavy atom. The van der Waals surface area contributed by atoms with Crippen LogP contribution < -0.4 is 10.6 Å². The van der Waals surface area contributed by atoms with Crippen LogP contribution in [0.3, 0.4) is 0 Å². The van der Waals surface area contributed by atoms with Gasteiger partial charge in [-0.2, -0.15) is 0 Å². The second-order valence-corrected chi connectivity index (χ2v) is 7.81. The molecule has 2 N–H and O–H groups in total. The number of hydrogen-bond acceptors (Lipinski definition) is 4. The molecular formula is C20H26N4O2S. The number of nitrogens with zero attached hydrogens (tertiary/aromatic N) is 2. The Balaban J connectivity index is 2.36. The molecule has 2 aromatic carbocycles. The van der Waals surface area contributed by atoms with E-state index in [1.807, 2.05) is 26.0 Å². The van der Waals surface area contributed by atoms with Crippen molar-refractivity contribution in [2.75, 3.05) is 24.7 Å². The minimum Gasteiger partial charge on any atom is -0.344 e. The van der Waals surface area contributed by atoms with Crippen molar-refractivity contribution in [1.29, 1.82) is 0 Å². The SMILES string of the molecule is CCC(=NC)Nc1cccc(S(=O)(=O)c2cccc(NC(CC)=NC)c2)c1. The van der Waals surface area contributed by atoms with Crippen LogP contribution in [-0.2, 0) is 9.84 Å². The number of aliphatic imine (C=N–C) groups is 2. The van der Waals surface area contributed by atoms with E-state index >= 15 is 0 Å². The van der Waals surface area contributed by atoms with Crippen molar-refractivity contribution in [3.63, 3.8) is 0 Å². The summed E-state index contributed by atoms with van der Waals surface area (Å²) in [6.45, 7) is 3.97. The lowest BCUT2D eigenvalue weighted by Gasteiger charge is -2.12. The van der Waals surface area contributed by atoms with E-state index in [2.05, 4.69) is 20.6 Å². The second kappa shape index (κ2) is 9.32. The smallest absolute Gasteiger partial charge is 0.206 e. The van der Waals surface area contributed by atoms with Gasteiger partial charge in [0.1, 0.15) is 11.7 Å². The van der Waals surface area contributed by atoms with Gasteiger partial charge in [0.2, 0.25) is 9.84 Å². The van der Waals surface area contributed by atoms with E-state index in [1.165, 1.54) is 0 Å². The Bertz CT molecular complexity index is 878. The summed E-state index contributed by atoms with van der Waals surface area (Å²) >= 11 is 0. The fourth-order valence-electron chi connectivity index (χ4n) is 2.56. The highest BCUT2D eigenvalue weighted by Gasteiger charge is 2.18. The molecule has 0 saturated carbocycles. The fraction of sp³-hybridized carbons (Fsp3) is 0.300. The Kier molecular flexibility index (Phi) is 7.12. The summed E-state index contributed by atoms with van der Waals surface area (Å²) in [7, 11) is -0.235. The molecule has 2 aromatic rings. The summed E-state index contributed by atoms with van der Waals surface area (Å²) in [6.07, 6.45) is 1.47. The molecular weight excluding hydrogens is 360 g/mol. The largest absolute Gasteiger partial charge is 0.344 e. The zero-order valence-corrected chi connectivity index (χ0v) is 17.0. The van der Waals surface area contributed by atoms with Crippen molar-refractivity contribution in [1.82, 2.24) is 0 Å². The van der Waals surface area contributed by atoms with Crippen LogP contribution >= 0.6 is 0 Å². The summed E-state index contributed by atoms with van der Waals surface area (Å²) in [5.74, 6) is 1.59. The Morgan fingerprint density at radius 1 is 0.815 bits per heavy atom. The molecule has 144 valence electrons. The van der Waals surface area contributed by atoms with Gasteiger partial charge in [-0.3, -0.25) is 9.98 Å². The Hall–Kier alpha value is -2.67. The van der Waals surface area contributed by atoms with Crippen molar-refractivity contribution in [2.45, 2.75) is 36.5 Å². The molecule has 7 heteroatoms. The lowest BCUT2D eigenvalue weighted by molar-refractivity contribution is 0.596. The Labute approximate surface area is 161 Å². The molecule has 0 saturated heterocycles. The molecule has 0 bridgehead atoms. The summed E-state index contributed by atoms with van der Waals surface area (Å²) in [5, 5.41) is 6.30. The molecule has 0 aliphatic heterocycles. The maximum absolute atomic E-state index is 13.1. The summed E-state index contributed by atoms with van der Waals surface area (Å²) in [6, 6.07) is 13.5. The third kappa shape index (κ3) is 5.17. The quantitative estimate of drug-likeness (QED) is 0.575. The van der Waals surface area contributed by atoms with E-state index in [-0.39, 0.29) is 9.79 Å². The number of hydrogen-bond donors (Lipinski definition) is 2. The van der Waals surface area contributed by atoms with Crippen molar-refractivity contribution in [3.8, 4) is 0 Å². The molecule has 0 amide bonds. The first-order valence-corrected chi connectivity index (χ1v) is 10.3. The second-order valence-electron chi connectivity index (χ2n) is 5.86. The molecule has 0 aliphatic rings. The topological polar surface area (TPSA) is 82.9 Å². The molecule has 6 nitrogen and oxygen atoms in total. The highest BCUT2D eigenvalue weighted by molar-refractivity contribution is 7.91. The van der Waals surface area contributed by atoms with Crippen LogP contribution in [0.25, 0.3) is 0 Å². The van der Waals surface area contributed by atoms with Crippen molar-refractivity contribution < 1.29 is 8.42 Å². The zero-order valence-electron chi connectivity index (χ0n) is 16.2. The van der Waals surface area contributed by atoms with Crippen molar-refractivity contribution in [3.05, 3.63) is 48.5 Å². The molecule has 27 heavy (non-hydrogen) atoms. The number of rotatable bonds is 6. The molecule has 0 heterocycles. The predicted molar refractivity (Wildman–Crippen MR) is 113 cm³/mol. The number of amidine groups is 2. The third-order valence-corrected chi connectivity index (χ3v) is 5.82. The van der Waals surface area contributed by atoms with Gasteiger partial charge in [-0.25, -0.2) is 8.42 Å². The van der Waals surface area contributed by atoms with Crippen LogP contribution in [0, 0.1) is 0 Å². The van der Waals surface area contributed by atoms with Gasteiger partial charge in [0, 0.05) is 38.3 Å². The van der Waals surface area contributed by atoms with Gasteiger partial charge in [-0.05, 0) is 36.4 Å². The van der Waals surface area contributed by atoms with Gasteiger partial charge < -0.3 is 10.6 Å². The minimum atomic E-state index is -3.64. The summed E-state index contributed by atoms with van der Waals surface area (Å²) in [4.78, 5) is 8.75. The van der Waals surface area contributed by atoms with E-state index < -0.39 is 9.84 Å².